The van der Waals surface area contributed by atoms with E-state index in [0.717, 1.165) is 6.26 Å². The molecule has 0 aromatic heterocycles. The molecule has 1 unspecified atom stereocenters. The highest BCUT2D eigenvalue weighted by Crippen LogP contribution is 2.28. The molecule has 6 heteroatoms. The minimum atomic E-state index is -3.30. The van der Waals surface area contributed by atoms with Gasteiger partial charge in [0.25, 0.3) is 6.43 Å². The number of halogens is 2. The van der Waals surface area contributed by atoms with Crippen LogP contribution < -0.4 is 5.32 Å². The molecule has 1 aromatic carbocycles. The summed E-state index contributed by atoms with van der Waals surface area (Å²) in [6.07, 6.45) is -1.51. The second-order valence-corrected chi connectivity index (χ2v) is 6.07. The summed E-state index contributed by atoms with van der Waals surface area (Å²) in [4.78, 5) is 0.119. The largest absolute Gasteiger partial charge is 0.306 e. The maximum absolute atomic E-state index is 12.9. The molecule has 0 fully saturated rings. The molecular formula is C11H15F2NO2S. The van der Waals surface area contributed by atoms with Crippen molar-refractivity contribution in [2.75, 3.05) is 13.3 Å². The van der Waals surface area contributed by atoms with Crippen molar-refractivity contribution in [3.63, 3.8) is 0 Å². The summed E-state index contributed by atoms with van der Waals surface area (Å²) in [5, 5.41) is 2.55. The number of hydrogen-bond acceptors (Lipinski definition) is 3. The average molecular weight is 263 g/mol. The van der Waals surface area contributed by atoms with Crippen LogP contribution in [0.1, 0.15) is 12.5 Å². The Balaban J connectivity index is 3.19. The first-order chi connectivity index (χ1) is 7.71. The highest BCUT2D eigenvalue weighted by Gasteiger charge is 2.35. The fraction of sp³-hybridized carbons (Fsp3) is 0.455. The molecule has 17 heavy (non-hydrogen) atoms. The minimum absolute atomic E-state index is 0.119. The van der Waals surface area contributed by atoms with Crippen LogP contribution in [0.3, 0.4) is 0 Å². The van der Waals surface area contributed by atoms with E-state index < -0.39 is 21.8 Å². The number of sulfone groups is 1. The van der Waals surface area contributed by atoms with Crippen molar-refractivity contribution in [1.29, 1.82) is 0 Å². The number of benzene rings is 1. The van der Waals surface area contributed by atoms with Gasteiger partial charge in [0, 0.05) is 6.26 Å². The Morgan fingerprint density at radius 1 is 1.24 bits per heavy atom. The lowest BCUT2D eigenvalue weighted by Gasteiger charge is -2.28. The SMILES string of the molecule is CNC(C)(c1ccc(S(C)(=O)=O)cc1)C(F)F. The van der Waals surface area contributed by atoms with Crippen LogP contribution in [0.5, 0.6) is 0 Å². The fourth-order valence-corrected chi connectivity index (χ4v) is 2.06. The van der Waals surface area contributed by atoms with Crippen LogP contribution in [0.2, 0.25) is 0 Å². The van der Waals surface area contributed by atoms with Crippen molar-refractivity contribution in [3.05, 3.63) is 29.8 Å². The average Bonchev–Trinajstić information content (AvgIpc) is 2.26. The monoisotopic (exact) mass is 263 g/mol. The van der Waals surface area contributed by atoms with E-state index in [-0.39, 0.29) is 4.90 Å². The summed E-state index contributed by atoms with van der Waals surface area (Å²) in [7, 11) is -1.86. The van der Waals surface area contributed by atoms with Crippen LogP contribution in [0, 0.1) is 0 Å². The normalized spacial score (nSPS) is 15.9. The second kappa shape index (κ2) is 4.70. The summed E-state index contributed by atoms with van der Waals surface area (Å²) < 4.78 is 48.3. The molecule has 1 atom stereocenters. The first kappa shape index (κ1) is 14.1. The molecule has 0 saturated carbocycles. The van der Waals surface area contributed by atoms with E-state index in [9.17, 15) is 17.2 Å². The van der Waals surface area contributed by atoms with E-state index >= 15 is 0 Å². The summed E-state index contributed by atoms with van der Waals surface area (Å²) in [5.74, 6) is 0. The molecule has 0 saturated heterocycles. The Hall–Kier alpha value is -1.01. The van der Waals surface area contributed by atoms with Gasteiger partial charge in [-0.3, -0.25) is 0 Å². The van der Waals surface area contributed by atoms with E-state index in [4.69, 9.17) is 0 Å². The molecule has 0 spiro atoms. The third-order valence-electron chi connectivity index (χ3n) is 2.84. The number of rotatable bonds is 4. The first-order valence-corrected chi connectivity index (χ1v) is 6.88. The zero-order chi connectivity index (χ0) is 13.3. The van der Waals surface area contributed by atoms with Crippen LogP contribution in [0.15, 0.2) is 29.2 Å². The maximum Gasteiger partial charge on any atom is 0.260 e. The summed E-state index contributed by atoms with van der Waals surface area (Å²) >= 11 is 0. The van der Waals surface area contributed by atoms with Crippen LogP contribution in [0.4, 0.5) is 8.78 Å². The molecule has 0 bridgehead atoms. The highest BCUT2D eigenvalue weighted by atomic mass is 32.2. The zero-order valence-corrected chi connectivity index (χ0v) is 10.7. The lowest BCUT2D eigenvalue weighted by Crippen LogP contribution is -2.43. The van der Waals surface area contributed by atoms with E-state index in [0.29, 0.717) is 5.56 Å². The van der Waals surface area contributed by atoms with Gasteiger partial charge in [0.2, 0.25) is 0 Å². The van der Waals surface area contributed by atoms with Gasteiger partial charge in [0.1, 0.15) is 5.54 Å². The molecule has 3 nitrogen and oxygen atoms in total. The summed E-state index contributed by atoms with van der Waals surface area (Å²) in [6.45, 7) is 1.37. The van der Waals surface area contributed by atoms with E-state index in [2.05, 4.69) is 5.32 Å². The van der Waals surface area contributed by atoms with Gasteiger partial charge in [-0.05, 0) is 31.7 Å². The molecule has 0 heterocycles. The highest BCUT2D eigenvalue weighted by molar-refractivity contribution is 7.90. The summed E-state index contributed by atoms with van der Waals surface area (Å²) in [5.41, 5.74) is -1.13. The predicted molar refractivity (Wildman–Crippen MR) is 62.0 cm³/mol. The third kappa shape index (κ3) is 2.81. The molecule has 96 valence electrons. The number of nitrogens with one attached hydrogen (secondary N) is 1. The van der Waals surface area contributed by atoms with Crippen LogP contribution in [0.25, 0.3) is 0 Å². The van der Waals surface area contributed by atoms with Gasteiger partial charge < -0.3 is 5.32 Å². The molecule has 1 N–H and O–H groups in total. The van der Waals surface area contributed by atoms with Crippen molar-refractivity contribution in [1.82, 2.24) is 5.32 Å². The van der Waals surface area contributed by atoms with Crippen molar-refractivity contribution >= 4 is 9.84 Å². The Bertz CT molecular complexity index is 485. The summed E-state index contributed by atoms with van der Waals surface area (Å²) in [6, 6.07) is 5.48. The Labute approximate surface area is 99.8 Å². The van der Waals surface area contributed by atoms with Crippen molar-refractivity contribution in [2.45, 2.75) is 23.8 Å². The topological polar surface area (TPSA) is 46.2 Å². The minimum Gasteiger partial charge on any atom is -0.306 e. The van der Waals surface area contributed by atoms with E-state index in [1.54, 1.807) is 0 Å². The van der Waals surface area contributed by atoms with Gasteiger partial charge in [0.05, 0.1) is 4.90 Å². The van der Waals surface area contributed by atoms with Gasteiger partial charge >= 0.3 is 0 Å². The molecular weight excluding hydrogens is 248 g/mol. The molecule has 0 aliphatic heterocycles. The van der Waals surface area contributed by atoms with Gasteiger partial charge in [-0.2, -0.15) is 0 Å². The molecule has 1 aromatic rings. The Kier molecular flexibility index (Phi) is 3.88. The fourth-order valence-electron chi connectivity index (χ4n) is 1.43. The van der Waals surface area contributed by atoms with Gasteiger partial charge in [-0.25, -0.2) is 17.2 Å². The molecule has 1 rings (SSSR count). The quantitative estimate of drug-likeness (QED) is 0.901. The van der Waals surface area contributed by atoms with E-state index in [1.165, 1.54) is 38.2 Å². The molecule has 0 radical (unpaired) electrons. The molecule has 0 amide bonds. The van der Waals surface area contributed by atoms with Gasteiger partial charge in [-0.1, -0.05) is 12.1 Å². The van der Waals surface area contributed by atoms with Gasteiger partial charge in [0.15, 0.2) is 9.84 Å². The predicted octanol–water partition coefficient (Wildman–Crippen LogP) is 1.79. The van der Waals surface area contributed by atoms with Crippen molar-refractivity contribution in [3.8, 4) is 0 Å². The first-order valence-electron chi connectivity index (χ1n) is 4.99. The van der Waals surface area contributed by atoms with Crippen molar-refractivity contribution < 1.29 is 17.2 Å². The van der Waals surface area contributed by atoms with Crippen LogP contribution >= 0.6 is 0 Å². The maximum atomic E-state index is 12.9. The standard InChI is InChI=1S/C11H15F2NO2S/c1-11(14-2,10(12)13)8-4-6-9(7-5-8)17(3,15)16/h4-7,10,14H,1-3H3. The zero-order valence-electron chi connectivity index (χ0n) is 9.87. The Morgan fingerprint density at radius 3 is 2.00 bits per heavy atom. The van der Waals surface area contributed by atoms with E-state index in [1.807, 2.05) is 0 Å². The van der Waals surface area contributed by atoms with Gasteiger partial charge in [-0.15, -0.1) is 0 Å². The second-order valence-electron chi connectivity index (χ2n) is 4.05. The van der Waals surface area contributed by atoms with Crippen LogP contribution in [-0.4, -0.2) is 28.1 Å². The van der Waals surface area contributed by atoms with Crippen LogP contribution in [-0.2, 0) is 15.4 Å². The number of alkyl halides is 2. The Morgan fingerprint density at radius 2 is 1.71 bits per heavy atom. The van der Waals surface area contributed by atoms with Crippen molar-refractivity contribution in [2.24, 2.45) is 0 Å². The molecule has 0 aliphatic carbocycles. The lowest BCUT2D eigenvalue weighted by molar-refractivity contribution is 0.0431. The third-order valence-corrected chi connectivity index (χ3v) is 3.97. The number of hydrogen-bond donors (Lipinski definition) is 1. The smallest absolute Gasteiger partial charge is 0.260 e. The lowest BCUT2D eigenvalue weighted by atomic mass is 9.93. The molecule has 0 aliphatic rings.